The van der Waals surface area contributed by atoms with Gasteiger partial charge in [-0.05, 0) is 56.7 Å². The Morgan fingerprint density at radius 3 is 2.75 bits per heavy atom. The molecule has 1 aromatic carbocycles. The number of benzene rings is 1. The van der Waals surface area contributed by atoms with Crippen LogP contribution in [0.25, 0.3) is 11.3 Å². The highest BCUT2D eigenvalue weighted by molar-refractivity contribution is 6.03. The molecular weight excluding hydrogens is 453 g/mol. The number of nitrogens with zero attached hydrogens (tertiary/aromatic N) is 4. The maximum absolute atomic E-state index is 15.0. The second kappa shape index (κ2) is 8.90. The van der Waals surface area contributed by atoms with E-state index in [-0.39, 0.29) is 17.0 Å². The van der Waals surface area contributed by atoms with Crippen LogP contribution in [0.2, 0.25) is 0 Å². The number of hydrogen-bond acceptors (Lipinski definition) is 5. The third kappa shape index (κ3) is 3.59. The Kier molecular flexibility index (Phi) is 5.73. The monoisotopic (exact) mass is 477 g/mol. The van der Waals surface area contributed by atoms with Gasteiger partial charge in [-0.25, -0.2) is 9.38 Å². The minimum absolute atomic E-state index is 0.0823. The molecule has 1 aliphatic heterocycles. The Hall–Kier alpha value is -4.57. The fourth-order valence-electron chi connectivity index (χ4n) is 4.81. The first-order valence-corrected chi connectivity index (χ1v) is 11.6. The molecule has 0 saturated heterocycles. The van der Waals surface area contributed by atoms with Crippen molar-refractivity contribution in [3.05, 3.63) is 117 Å². The Morgan fingerprint density at radius 1 is 1.14 bits per heavy atom. The molecule has 4 aromatic rings. The largest absolute Gasteiger partial charge is 0.383 e. The van der Waals surface area contributed by atoms with E-state index in [1.54, 1.807) is 49.3 Å². The summed E-state index contributed by atoms with van der Waals surface area (Å²) in [6.07, 6.45) is 6.89. The van der Waals surface area contributed by atoms with E-state index in [1.807, 2.05) is 37.3 Å². The molecule has 178 valence electrons. The standard InChI is InChI=1S/C29H24FN5O/c1-4-7-19-13-20(16-32-15-19)25-14-21(10-11-33-25)29(22-12-18(3)28(36)35(5-2)17-22)23-8-6-9-24(30)26(23)27(31)34-29/h6,8-17H,5H2,1-3H3,(H2,31,34). The predicted octanol–water partition coefficient (Wildman–Crippen LogP) is 4.15. The Labute approximate surface area is 208 Å². The van der Waals surface area contributed by atoms with Crippen LogP contribution in [0.5, 0.6) is 0 Å². The van der Waals surface area contributed by atoms with Crippen molar-refractivity contribution in [2.75, 3.05) is 0 Å². The molecule has 36 heavy (non-hydrogen) atoms. The van der Waals surface area contributed by atoms with Crippen molar-refractivity contribution >= 4 is 5.84 Å². The first-order chi connectivity index (χ1) is 17.4. The molecule has 0 amide bonds. The number of amidine groups is 1. The lowest BCUT2D eigenvalue weighted by Gasteiger charge is -2.30. The van der Waals surface area contributed by atoms with Gasteiger partial charge in [-0.3, -0.25) is 14.8 Å². The van der Waals surface area contributed by atoms with Gasteiger partial charge < -0.3 is 10.3 Å². The molecule has 5 rings (SSSR count). The molecule has 0 radical (unpaired) electrons. The molecule has 4 heterocycles. The Balaban J connectivity index is 1.82. The van der Waals surface area contributed by atoms with Crippen LogP contribution in [0.1, 0.15) is 47.2 Å². The number of hydrogen-bond donors (Lipinski definition) is 1. The van der Waals surface area contributed by atoms with Crippen LogP contribution in [0, 0.1) is 24.6 Å². The van der Waals surface area contributed by atoms with Gasteiger partial charge in [0.05, 0.1) is 11.3 Å². The van der Waals surface area contributed by atoms with E-state index < -0.39 is 11.4 Å². The van der Waals surface area contributed by atoms with E-state index in [0.717, 1.165) is 22.3 Å². The normalized spacial score (nSPS) is 16.2. The minimum atomic E-state index is -1.16. The van der Waals surface area contributed by atoms with Gasteiger partial charge in [0.15, 0.2) is 0 Å². The Bertz CT molecular complexity index is 1660. The molecule has 0 aliphatic carbocycles. The van der Waals surface area contributed by atoms with E-state index in [0.29, 0.717) is 23.4 Å². The van der Waals surface area contributed by atoms with Crippen molar-refractivity contribution in [3.8, 4) is 23.1 Å². The zero-order chi connectivity index (χ0) is 25.4. The van der Waals surface area contributed by atoms with E-state index >= 15 is 4.39 Å². The summed E-state index contributed by atoms with van der Waals surface area (Å²) in [6, 6.07) is 12.3. The third-order valence-electron chi connectivity index (χ3n) is 6.45. The maximum Gasteiger partial charge on any atom is 0.253 e. The van der Waals surface area contributed by atoms with E-state index in [1.165, 1.54) is 6.07 Å². The summed E-state index contributed by atoms with van der Waals surface area (Å²) < 4.78 is 16.6. The molecule has 6 nitrogen and oxygen atoms in total. The van der Waals surface area contributed by atoms with Crippen molar-refractivity contribution in [3.63, 3.8) is 0 Å². The summed E-state index contributed by atoms with van der Waals surface area (Å²) in [7, 11) is 0. The molecular formula is C29H24FN5O. The van der Waals surface area contributed by atoms with Crippen LogP contribution >= 0.6 is 0 Å². The molecule has 1 unspecified atom stereocenters. The number of rotatable bonds is 4. The SMILES string of the molecule is CC#Cc1cncc(-c2cc(C3(c4cc(C)c(=O)n(CC)c4)N=C(N)c4c(F)cccc43)ccn2)c1. The lowest BCUT2D eigenvalue weighted by Crippen LogP contribution is -2.30. The van der Waals surface area contributed by atoms with Crippen LogP contribution < -0.4 is 11.3 Å². The summed E-state index contributed by atoms with van der Waals surface area (Å²) >= 11 is 0. The molecule has 0 bridgehead atoms. The molecule has 0 fully saturated rings. The number of pyridine rings is 3. The number of aromatic nitrogens is 3. The molecule has 1 aliphatic rings. The molecule has 0 spiro atoms. The van der Waals surface area contributed by atoms with Gasteiger partial charge in [0.2, 0.25) is 0 Å². The van der Waals surface area contributed by atoms with Crippen LogP contribution in [0.15, 0.2) is 77.0 Å². The van der Waals surface area contributed by atoms with Gasteiger partial charge in [-0.15, -0.1) is 5.92 Å². The molecule has 7 heteroatoms. The fourth-order valence-corrected chi connectivity index (χ4v) is 4.81. The van der Waals surface area contributed by atoms with Crippen molar-refractivity contribution in [2.45, 2.75) is 32.9 Å². The van der Waals surface area contributed by atoms with E-state index in [9.17, 15) is 4.79 Å². The highest BCUT2D eigenvalue weighted by Gasteiger charge is 2.44. The average Bonchev–Trinajstić information content (AvgIpc) is 3.20. The maximum atomic E-state index is 15.0. The van der Waals surface area contributed by atoms with Gasteiger partial charge in [0.25, 0.3) is 5.56 Å². The van der Waals surface area contributed by atoms with Crippen molar-refractivity contribution in [2.24, 2.45) is 10.7 Å². The molecule has 3 aromatic heterocycles. The summed E-state index contributed by atoms with van der Waals surface area (Å²) in [6.45, 7) is 5.93. The topological polar surface area (TPSA) is 86.2 Å². The number of fused-ring (bicyclic) bond motifs is 1. The van der Waals surface area contributed by atoms with Crippen LogP contribution in [-0.4, -0.2) is 20.4 Å². The molecule has 0 saturated carbocycles. The predicted molar refractivity (Wildman–Crippen MR) is 138 cm³/mol. The summed E-state index contributed by atoms with van der Waals surface area (Å²) in [4.78, 5) is 26.5. The van der Waals surface area contributed by atoms with Gasteiger partial charge >= 0.3 is 0 Å². The number of halogens is 1. The first-order valence-electron chi connectivity index (χ1n) is 11.6. The third-order valence-corrected chi connectivity index (χ3v) is 6.45. The molecule has 1 atom stereocenters. The van der Waals surface area contributed by atoms with E-state index in [2.05, 4.69) is 21.8 Å². The number of aryl methyl sites for hydroxylation is 2. The number of aliphatic imine (C=N–C) groups is 1. The quantitative estimate of drug-likeness (QED) is 0.448. The average molecular weight is 478 g/mol. The highest BCUT2D eigenvalue weighted by Crippen LogP contribution is 2.46. The van der Waals surface area contributed by atoms with Crippen LogP contribution in [0.3, 0.4) is 0 Å². The van der Waals surface area contributed by atoms with Gasteiger partial charge in [-0.1, -0.05) is 18.1 Å². The van der Waals surface area contributed by atoms with Gasteiger partial charge in [0, 0.05) is 59.1 Å². The first kappa shape index (κ1) is 23.2. The summed E-state index contributed by atoms with van der Waals surface area (Å²) in [5.74, 6) is 5.56. The summed E-state index contributed by atoms with van der Waals surface area (Å²) in [5.41, 5.74) is 10.2. The Morgan fingerprint density at radius 2 is 1.97 bits per heavy atom. The van der Waals surface area contributed by atoms with Crippen molar-refractivity contribution in [1.29, 1.82) is 0 Å². The van der Waals surface area contributed by atoms with Crippen molar-refractivity contribution in [1.82, 2.24) is 14.5 Å². The van der Waals surface area contributed by atoms with Gasteiger partial charge in [-0.2, -0.15) is 0 Å². The van der Waals surface area contributed by atoms with Gasteiger partial charge in [0.1, 0.15) is 17.2 Å². The molecule has 2 N–H and O–H groups in total. The second-order valence-electron chi connectivity index (χ2n) is 8.64. The lowest BCUT2D eigenvalue weighted by molar-refractivity contribution is 0.610. The fraction of sp³-hybridized carbons (Fsp3) is 0.172. The smallest absolute Gasteiger partial charge is 0.253 e. The zero-order valence-corrected chi connectivity index (χ0v) is 20.2. The zero-order valence-electron chi connectivity index (χ0n) is 20.2. The van der Waals surface area contributed by atoms with Crippen LogP contribution in [-0.2, 0) is 12.1 Å². The summed E-state index contributed by atoms with van der Waals surface area (Å²) in [5, 5.41) is 0. The second-order valence-corrected chi connectivity index (χ2v) is 8.64. The van der Waals surface area contributed by atoms with Crippen molar-refractivity contribution < 1.29 is 4.39 Å². The van der Waals surface area contributed by atoms with Crippen LogP contribution in [0.4, 0.5) is 4.39 Å². The minimum Gasteiger partial charge on any atom is -0.383 e. The number of nitrogens with two attached hydrogens (primary N) is 1. The lowest BCUT2D eigenvalue weighted by atomic mass is 9.77. The van der Waals surface area contributed by atoms with E-state index in [4.69, 9.17) is 10.7 Å². The highest BCUT2D eigenvalue weighted by atomic mass is 19.1.